The highest BCUT2D eigenvalue weighted by atomic mass is 35.5. The number of hydrogen-bond donors (Lipinski definition) is 0. The fraction of sp³-hybridized carbons (Fsp3) is 0.200. The van der Waals surface area contributed by atoms with E-state index in [4.69, 9.17) is 16.9 Å². The summed E-state index contributed by atoms with van der Waals surface area (Å²) in [5, 5.41) is 8.68. The van der Waals surface area contributed by atoms with E-state index in [2.05, 4.69) is 4.74 Å². The van der Waals surface area contributed by atoms with Crippen LogP contribution in [0.1, 0.15) is 11.1 Å². The van der Waals surface area contributed by atoms with Gasteiger partial charge in [0.25, 0.3) is 0 Å². The van der Waals surface area contributed by atoms with E-state index in [9.17, 15) is 9.18 Å². The maximum atomic E-state index is 13.0. The third kappa shape index (κ3) is 2.67. The first-order valence-corrected chi connectivity index (χ1v) is 4.41. The molecule has 15 heavy (non-hydrogen) atoms. The third-order valence-electron chi connectivity index (χ3n) is 1.82. The molecule has 5 heteroatoms. The van der Waals surface area contributed by atoms with Crippen molar-refractivity contribution in [2.45, 2.75) is 6.42 Å². The minimum absolute atomic E-state index is 0.0791. The van der Waals surface area contributed by atoms with E-state index < -0.39 is 11.8 Å². The third-order valence-corrected chi connectivity index (χ3v) is 2.17. The van der Waals surface area contributed by atoms with Gasteiger partial charge >= 0.3 is 5.97 Å². The zero-order chi connectivity index (χ0) is 11.4. The molecule has 0 unspecified atom stereocenters. The maximum Gasteiger partial charge on any atom is 0.310 e. The van der Waals surface area contributed by atoms with Crippen LogP contribution >= 0.6 is 11.6 Å². The summed E-state index contributed by atoms with van der Waals surface area (Å²) >= 11 is 5.70. The second kappa shape index (κ2) is 4.76. The van der Waals surface area contributed by atoms with E-state index in [0.717, 1.165) is 6.07 Å². The summed E-state index contributed by atoms with van der Waals surface area (Å²) < 4.78 is 17.5. The smallest absolute Gasteiger partial charge is 0.310 e. The van der Waals surface area contributed by atoms with E-state index in [0.29, 0.717) is 5.56 Å². The monoisotopic (exact) mass is 227 g/mol. The fourth-order valence-electron chi connectivity index (χ4n) is 1.04. The van der Waals surface area contributed by atoms with Crippen LogP contribution in [-0.4, -0.2) is 13.1 Å². The number of esters is 1. The Labute approximate surface area is 91.0 Å². The van der Waals surface area contributed by atoms with Crippen molar-refractivity contribution in [2.75, 3.05) is 7.11 Å². The number of hydrogen-bond acceptors (Lipinski definition) is 3. The maximum absolute atomic E-state index is 13.0. The van der Waals surface area contributed by atoms with E-state index in [1.807, 2.05) is 0 Å². The molecule has 0 aliphatic heterocycles. The summed E-state index contributed by atoms with van der Waals surface area (Å²) in [5.41, 5.74) is 0.236. The molecule has 0 bridgehead atoms. The molecule has 0 saturated heterocycles. The van der Waals surface area contributed by atoms with Crippen LogP contribution in [0, 0.1) is 17.1 Å². The van der Waals surface area contributed by atoms with Crippen molar-refractivity contribution in [3.05, 3.63) is 34.1 Å². The summed E-state index contributed by atoms with van der Waals surface area (Å²) in [7, 11) is 1.24. The lowest BCUT2D eigenvalue weighted by atomic mass is 10.1. The first kappa shape index (κ1) is 11.5. The molecular weight excluding hydrogens is 221 g/mol. The highest BCUT2D eigenvalue weighted by molar-refractivity contribution is 6.31. The number of carbonyl (C=O) groups excluding carboxylic acids is 1. The number of rotatable bonds is 2. The largest absolute Gasteiger partial charge is 0.469 e. The lowest BCUT2D eigenvalue weighted by Gasteiger charge is -2.04. The number of benzene rings is 1. The highest BCUT2D eigenvalue weighted by Crippen LogP contribution is 2.21. The summed E-state index contributed by atoms with van der Waals surface area (Å²) in [6.07, 6.45) is -0.0791. The quantitative estimate of drug-likeness (QED) is 0.727. The molecule has 1 rings (SSSR count). The lowest BCUT2D eigenvalue weighted by molar-refractivity contribution is -0.139. The normalized spacial score (nSPS) is 9.47. The first-order valence-electron chi connectivity index (χ1n) is 4.03. The van der Waals surface area contributed by atoms with Crippen molar-refractivity contribution >= 4 is 17.6 Å². The Bertz CT molecular complexity index is 440. The molecule has 0 saturated carbocycles. The Hall–Kier alpha value is -1.60. The minimum Gasteiger partial charge on any atom is -0.469 e. The van der Waals surface area contributed by atoms with Gasteiger partial charge in [0.15, 0.2) is 0 Å². The van der Waals surface area contributed by atoms with Crippen molar-refractivity contribution in [3.63, 3.8) is 0 Å². The van der Waals surface area contributed by atoms with Crippen LogP contribution in [-0.2, 0) is 16.0 Å². The number of methoxy groups -OCH3 is 1. The van der Waals surface area contributed by atoms with Crippen LogP contribution in [0.3, 0.4) is 0 Å². The van der Waals surface area contributed by atoms with Gasteiger partial charge < -0.3 is 4.74 Å². The van der Waals surface area contributed by atoms with Crippen molar-refractivity contribution in [2.24, 2.45) is 0 Å². The molecule has 0 aliphatic rings. The Balaban J connectivity index is 3.09. The van der Waals surface area contributed by atoms with Gasteiger partial charge in [-0.1, -0.05) is 11.6 Å². The van der Waals surface area contributed by atoms with E-state index >= 15 is 0 Å². The molecular formula is C10H7ClFNO2. The van der Waals surface area contributed by atoms with Gasteiger partial charge in [0.05, 0.1) is 19.1 Å². The predicted octanol–water partition coefficient (Wildman–Crippen LogP) is 2.07. The molecule has 0 amide bonds. The molecule has 0 aliphatic carbocycles. The average Bonchev–Trinajstić information content (AvgIpc) is 2.21. The van der Waals surface area contributed by atoms with E-state index in [-0.39, 0.29) is 17.0 Å². The molecule has 78 valence electrons. The zero-order valence-corrected chi connectivity index (χ0v) is 8.64. The van der Waals surface area contributed by atoms with Gasteiger partial charge in [-0.3, -0.25) is 4.79 Å². The van der Waals surface area contributed by atoms with Crippen LogP contribution in [0.2, 0.25) is 5.02 Å². The van der Waals surface area contributed by atoms with E-state index in [1.54, 1.807) is 6.07 Å². The van der Waals surface area contributed by atoms with Gasteiger partial charge in [0.2, 0.25) is 0 Å². The van der Waals surface area contributed by atoms with Crippen molar-refractivity contribution < 1.29 is 13.9 Å². The predicted molar refractivity (Wildman–Crippen MR) is 51.8 cm³/mol. The summed E-state index contributed by atoms with van der Waals surface area (Å²) in [5.74, 6) is -1.19. The van der Waals surface area contributed by atoms with Gasteiger partial charge in [-0.05, 0) is 17.7 Å². The van der Waals surface area contributed by atoms with Crippen LogP contribution < -0.4 is 0 Å². The Morgan fingerprint density at radius 2 is 2.33 bits per heavy atom. The molecule has 0 aromatic heterocycles. The second-order valence-electron chi connectivity index (χ2n) is 2.79. The molecule has 0 radical (unpaired) electrons. The second-order valence-corrected chi connectivity index (χ2v) is 3.20. The molecule has 3 nitrogen and oxygen atoms in total. The zero-order valence-electron chi connectivity index (χ0n) is 7.88. The number of nitriles is 1. The fourth-order valence-corrected chi connectivity index (χ4v) is 1.26. The van der Waals surface area contributed by atoms with Crippen molar-refractivity contribution in [1.29, 1.82) is 5.26 Å². The Morgan fingerprint density at radius 3 is 2.87 bits per heavy atom. The van der Waals surface area contributed by atoms with Gasteiger partial charge in [0.1, 0.15) is 11.9 Å². The average molecular weight is 228 g/mol. The van der Waals surface area contributed by atoms with Crippen LogP contribution in [0.25, 0.3) is 0 Å². The van der Waals surface area contributed by atoms with Gasteiger partial charge in [-0.15, -0.1) is 0 Å². The molecule has 0 fully saturated rings. The van der Waals surface area contributed by atoms with Crippen molar-refractivity contribution in [1.82, 2.24) is 0 Å². The Morgan fingerprint density at radius 1 is 1.67 bits per heavy atom. The lowest BCUT2D eigenvalue weighted by Crippen LogP contribution is -2.05. The molecule has 0 atom stereocenters. The van der Waals surface area contributed by atoms with E-state index in [1.165, 1.54) is 13.2 Å². The minimum atomic E-state index is -0.698. The SMILES string of the molecule is COC(=O)Cc1cc(C#N)c(F)cc1Cl. The van der Waals surface area contributed by atoms with Crippen LogP contribution in [0.4, 0.5) is 4.39 Å². The number of halogens is 2. The number of nitrogens with zero attached hydrogens (tertiary/aromatic N) is 1. The molecule has 0 heterocycles. The number of carbonyl (C=O) groups is 1. The summed E-state index contributed by atoms with van der Waals surface area (Å²) in [6, 6.07) is 3.93. The highest BCUT2D eigenvalue weighted by Gasteiger charge is 2.11. The van der Waals surface area contributed by atoms with Gasteiger partial charge in [-0.2, -0.15) is 5.26 Å². The standard InChI is InChI=1S/C10H7ClFNO2/c1-15-10(14)3-6-2-7(5-13)9(12)4-8(6)11/h2,4H,3H2,1H3. The molecule has 0 spiro atoms. The molecule has 1 aromatic carbocycles. The molecule has 1 aromatic rings. The van der Waals surface area contributed by atoms with Crippen molar-refractivity contribution in [3.8, 4) is 6.07 Å². The number of ether oxygens (including phenoxy) is 1. The summed E-state index contributed by atoms with van der Waals surface area (Å²) in [6.45, 7) is 0. The topological polar surface area (TPSA) is 50.1 Å². The Kier molecular flexibility index (Phi) is 3.64. The molecule has 0 N–H and O–H groups in total. The summed E-state index contributed by atoms with van der Waals surface area (Å²) in [4.78, 5) is 11.0. The van der Waals surface area contributed by atoms with Gasteiger partial charge in [0, 0.05) is 5.02 Å². The van der Waals surface area contributed by atoms with Gasteiger partial charge in [-0.25, -0.2) is 4.39 Å². The van der Waals surface area contributed by atoms with Crippen LogP contribution in [0.5, 0.6) is 0 Å². The van der Waals surface area contributed by atoms with Crippen LogP contribution in [0.15, 0.2) is 12.1 Å². The first-order chi connectivity index (χ1) is 7.08.